The molecular weight excluding hydrogens is 250 g/mol. The molecule has 1 aromatic carbocycles. The molecule has 0 radical (unpaired) electrons. The molecule has 0 amide bonds. The minimum atomic E-state index is -0.180. The van der Waals surface area contributed by atoms with E-state index in [1.54, 1.807) is 0 Å². The lowest BCUT2D eigenvalue weighted by molar-refractivity contribution is -0.0830. The van der Waals surface area contributed by atoms with Gasteiger partial charge in [-0.05, 0) is 44.4 Å². The SMILES string of the molecule is CCOc1ccc(C(N)C2(OCC)CCCCC2)cc1. The molecule has 0 bridgehead atoms. The third-order valence-corrected chi connectivity index (χ3v) is 4.25. The van der Waals surface area contributed by atoms with Crippen LogP contribution in [0.3, 0.4) is 0 Å². The predicted octanol–water partition coefficient (Wildman–Crippen LogP) is 3.82. The van der Waals surface area contributed by atoms with Gasteiger partial charge in [0.2, 0.25) is 0 Å². The Morgan fingerprint density at radius 1 is 1.05 bits per heavy atom. The second-order valence-electron chi connectivity index (χ2n) is 5.54. The molecule has 112 valence electrons. The van der Waals surface area contributed by atoms with Gasteiger partial charge in [-0.3, -0.25) is 0 Å². The summed E-state index contributed by atoms with van der Waals surface area (Å²) in [4.78, 5) is 0. The Labute approximate surface area is 122 Å². The average molecular weight is 277 g/mol. The van der Waals surface area contributed by atoms with E-state index < -0.39 is 0 Å². The number of ether oxygens (including phenoxy) is 2. The lowest BCUT2D eigenvalue weighted by atomic mass is 9.77. The summed E-state index contributed by atoms with van der Waals surface area (Å²) in [6, 6.07) is 8.09. The van der Waals surface area contributed by atoms with Crippen LogP contribution in [0.25, 0.3) is 0 Å². The highest BCUT2D eigenvalue weighted by molar-refractivity contribution is 5.30. The minimum Gasteiger partial charge on any atom is -0.494 e. The largest absolute Gasteiger partial charge is 0.494 e. The molecule has 0 aliphatic heterocycles. The maximum atomic E-state index is 6.55. The van der Waals surface area contributed by atoms with Gasteiger partial charge in [0.25, 0.3) is 0 Å². The third-order valence-electron chi connectivity index (χ3n) is 4.25. The van der Waals surface area contributed by atoms with E-state index in [0.29, 0.717) is 6.61 Å². The molecule has 0 saturated heterocycles. The van der Waals surface area contributed by atoms with Gasteiger partial charge in [0.05, 0.1) is 18.2 Å². The summed E-state index contributed by atoms with van der Waals surface area (Å²) in [6.45, 7) is 5.46. The molecule has 0 spiro atoms. The first-order valence-electron chi connectivity index (χ1n) is 7.84. The first-order chi connectivity index (χ1) is 9.72. The maximum Gasteiger partial charge on any atom is 0.119 e. The van der Waals surface area contributed by atoms with Crippen molar-refractivity contribution in [1.29, 1.82) is 0 Å². The van der Waals surface area contributed by atoms with E-state index in [0.717, 1.165) is 30.8 Å². The van der Waals surface area contributed by atoms with Crippen LogP contribution >= 0.6 is 0 Å². The molecule has 1 aromatic rings. The Hall–Kier alpha value is -1.06. The van der Waals surface area contributed by atoms with E-state index >= 15 is 0 Å². The zero-order valence-corrected chi connectivity index (χ0v) is 12.7. The number of benzene rings is 1. The van der Waals surface area contributed by atoms with Crippen molar-refractivity contribution < 1.29 is 9.47 Å². The van der Waals surface area contributed by atoms with Crippen LogP contribution in [0.5, 0.6) is 5.75 Å². The molecule has 1 atom stereocenters. The quantitative estimate of drug-likeness (QED) is 0.859. The lowest BCUT2D eigenvalue weighted by Gasteiger charge is -2.41. The summed E-state index contributed by atoms with van der Waals surface area (Å²) in [6.07, 6.45) is 5.85. The zero-order chi connectivity index (χ0) is 14.4. The Balaban J connectivity index is 2.15. The van der Waals surface area contributed by atoms with Crippen LogP contribution in [-0.4, -0.2) is 18.8 Å². The molecule has 1 unspecified atom stereocenters. The molecule has 2 N–H and O–H groups in total. The number of rotatable bonds is 6. The van der Waals surface area contributed by atoms with Crippen molar-refractivity contribution >= 4 is 0 Å². The summed E-state index contributed by atoms with van der Waals surface area (Å²) in [5.74, 6) is 0.901. The van der Waals surface area contributed by atoms with Crippen molar-refractivity contribution in [2.24, 2.45) is 5.73 Å². The molecule has 20 heavy (non-hydrogen) atoms. The first-order valence-corrected chi connectivity index (χ1v) is 7.84. The monoisotopic (exact) mass is 277 g/mol. The predicted molar refractivity (Wildman–Crippen MR) is 82.0 cm³/mol. The second-order valence-corrected chi connectivity index (χ2v) is 5.54. The molecule has 1 aliphatic carbocycles. The standard InChI is InChI=1S/C17H27NO2/c1-3-19-15-10-8-14(9-11-15)16(18)17(20-4-2)12-6-5-7-13-17/h8-11,16H,3-7,12-13,18H2,1-2H3. The highest BCUT2D eigenvalue weighted by Gasteiger charge is 2.39. The van der Waals surface area contributed by atoms with Crippen LogP contribution in [0, 0.1) is 0 Å². The fraction of sp³-hybridized carbons (Fsp3) is 0.647. The molecule has 1 fully saturated rings. The Morgan fingerprint density at radius 2 is 1.70 bits per heavy atom. The molecule has 0 aromatic heterocycles. The molecule has 0 heterocycles. The van der Waals surface area contributed by atoms with Crippen LogP contribution in [0.15, 0.2) is 24.3 Å². The van der Waals surface area contributed by atoms with E-state index in [2.05, 4.69) is 19.1 Å². The topological polar surface area (TPSA) is 44.5 Å². The Morgan fingerprint density at radius 3 is 2.25 bits per heavy atom. The van der Waals surface area contributed by atoms with Gasteiger partial charge in [-0.15, -0.1) is 0 Å². The maximum absolute atomic E-state index is 6.55. The average Bonchev–Trinajstić information content (AvgIpc) is 2.49. The van der Waals surface area contributed by atoms with Crippen LogP contribution in [0.4, 0.5) is 0 Å². The molecule has 1 saturated carbocycles. The Bertz CT molecular complexity index is 390. The van der Waals surface area contributed by atoms with E-state index in [4.69, 9.17) is 15.2 Å². The third kappa shape index (κ3) is 3.33. The highest BCUT2D eigenvalue weighted by Crippen LogP contribution is 2.40. The minimum absolute atomic E-state index is 0.0570. The van der Waals surface area contributed by atoms with E-state index in [9.17, 15) is 0 Å². The van der Waals surface area contributed by atoms with Gasteiger partial charge in [0, 0.05) is 6.61 Å². The highest BCUT2D eigenvalue weighted by atomic mass is 16.5. The van der Waals surface area contributed by atoms with E-state index in [-0.39, 0.29) is 11.6 Å². The van der Waals surface area contributed by atoms with Crippen molar-refractivity contribution in [1.82, 2.24) is 0 Å². The van der Waals surface area contributed by atoms with Gasteiger partial charge in [-0.1, -0.05) is 31.4 Å². The summed E-state index contributed by atoms with van der Waals surface area (Å²) >= 11 is 0. The second kappa shape index (κ2) is 7.09. The first kappa shape index (κ1) is 15.3. The van der Waals surface area contributed by atoms with Crippen molar-refractivity contribution in [3.63, 3.8) is 0 Å². The van der Waals surface area contributed by atoms with E-state index in [1.165, 1.54) is 19.3 Å². The van der Waals surface area contributed by atoms with Crippen molar-refractivity contribution in [2.75, 3.05) is 13.2 Å². The van der Waals surface area contributed by atoms with Gasteiger partial charge in [0.1, 0.15) is 5.75 Å². The van der Waals surface area contributed by atoms with E-state index in [1.807, 2.05) is 19.1 Å². The zero-order valence-electron chi connectivity index (χ0n) is 12.7. The summed E-state index contributed by atoms with van der Waals surface area (Å²) in [5.41, 5.74) is 7.51. The van der Waals surface area contributed by atoms with Gasteiger partial charge in [0.15, 0.2) is 0 Å². The number of hydrogen-bond donors (Lipinski definition) is 1. The molecule has 3 heteroatoms. The van der Waals surface area contributed by atoms with Gasteiger partial charge in [-0.25, -0.2) is 0 Å². The molecule has 1 aliphatic rings. The summed E-state index contributed by atoms with van der Waals surface area (Å²) < 4.78 is 11.6. The van der Waals surface area contributed by atoms with Gasteiger partial charge < -0.3 is 15.2 Å². The van der Waals surface area contributed by atoms with Crippen LogP contribution in [0.2, 0.25) is 0 Å². The number of hydrogen-bond acceptors (Lipinski definition) is 3. The fourth-order valence-corrected chi connectivity index (χ4v) is 3.22. The molecule has 3 nitrogen and oxygen atoms in total. The fourth-order valence-electron chi connectivity index (χ4n) is 3.22. The Kier molecular flexibility index (Phi) is 5.44. The molecule has 2 rings (SSSR count). The van der Waals surface area contributed by atoms with Crippen molar-refractivity contribution in [3.8, 4) is 5.75 Å². The lowest BCUT2D eigenvalue weighted by Crippen LogP contribution is -2.45. The van der Waals surface area contributed by atoms with Crippen molar-refractivity contribution in [3.05, 3.63) is 29.8 Å². The summed E-state index contributed by atoms with van der Waals surface area (Å²) in [5, 5.41) is 0. The van der Waals surface area contributed by atoms with Gasteiger partial charge in [-0.2, -0.15) is 0 Å². The smallest absolute Gasteiger partial charge is 0.119 e. The van der Waals surface area contributed by atoms with Crippen LogP contribution in [0.1, 0.15) is 57.6 Å². The normalized spacial score (nSPS) is 19.6. The van der Waals surface area contributed by atoms with Gasteiger partial charge >= 0.3 is 0 Å². The van der Waals surface area contributed by atoms with Crippen LogP contribution in [-0.2, 0) is 4.74 Å². The molecular formula is C17H27NO2. The van der Waals surface area contributed by atoms with Crippen LogP contribution < -0.4 is 10.5 Å². The number of nitrogens with two attached hydrogens (primary N) is 1. The summed E-state index contributed by atoms with van der Waals surface area (Å²) in [7, 11) is 0. The van der Waals surface area contributed by atoms with Crippen molar-refractivity contribution in [2.45, 2.75) is 57.6 Å².